The Morgan fingerprint density at radius 2 is 2.19 bits per heavy atom. The Labute approximate surface area is 125 Å². The molecule has 0 radical (unpaired) electrons. The number of rotatable bonds is 4. The number of nitrogens with zero attached hydrogens (tertiary/aromatic N) is 2. The van der Waals surface area contributed by atoms with Crippen molar-refractivity contribution in [1.29, 1.82) is 0 Å². The van der Waals surface area contributed by atoms with Gasteiger partial charge in [0.2, 0.25) is 11.8 Å². The molecule has 1 aromatic rings. The van der Waals surface area contributed by atoms with Gasteiger partial charge in [0.25, 0.3) is 0 Å². The lowest BCUT2D eigenvalue weighted by molar-refractivity contribution is -0.134. The first-order chi connectivity index (χ1) is 10.1. The van der Waals surface area contributed by atoms with Crippen LogP contribution < -0.4 is 11.1 Å². The molecule has 0 spiro atoms. The fourth-order valence-electron chi connectivity index (χ4n) is 2.88. The van der Waals surface area contributed by atoms with Crippen molar-refractivity contribution in [2.24, 2.45) is 12.8 Å². The van der Waals surface area contributed by atoms with Crippen molar-refractivity contribution in [1.82, 2.24) is 14.8 Å². The summed E-state index contributed by atoms with van der Waals surface area (Å²) in [6.45, 7) is 0.679. The molecular weight excluding hydrogens is 268 g/mol. The van der Waals surface area contributed by atoms with Crippen LogP contribution in [0, 0.1) is 0 Å². The molecule has 0 saturated carbocycles. The molecule has 0 bridgehead atoms. The van der Waals surface area contributed by atoms with Crippen LogP contribution in [0.15, 0.2) is 18.3 Å². The van der Waals surface area contributed by atoms with E-state index < -0.39 is 0 Å². The van der Waals surface area contributed by atoms with Gasteiger partial charge in [-0.2, -0.15) is 0 Å². The van der Waals surface area contributed by atoms with Crippen LogP contribution in [0.1, 0.15) is 37.4 Å². The summed E-state index contributed by atoms with van der Waals surface area (Å²) >= 11 is 0. The summed E-state index contributed by atoms with van der Waals surface area (Å²) in [5, 5.41) is 2.57. The predicted octanol–water partition coefficient (Wildman–Crippen LogP) is 0.544. The van der Waals surface area contributed by atoms with Crippen molar-refractivity contribution in [3.8, 4) is 0 Å². The van der Waals surface area contributed by atoms with Crippen LogP contribution in [0.3, 0.4) is 0 Å². The molecule has 1 atom stereocenters. The van der Waals surface area contributed by atoms with E-state index in [2.05, 4.69) is 16.0 Å². The molecule has 1 aromatic heterocycles. The molecule has 2 rings (SSSR count). The predicted molar refractivity (Wildman–Crippen MR) is 80.4 cm³/mol. The SMILES string of the molecule is Cn1cccc1C1CCCCCN1C(=O)CNC(=O)CN. The summed E-state index contributed by atoms with van der Waals surface area (Å²) in [7, 11) is 2.00. The molecule has 116 valence electrons. The van der Waals surface area contributed by atoms with E-state index in [4.69, 9.17) is 5.73 Å². The monoisotopic (exact) mass is 292 g/mol. The van der Waals surface area contributed by atoms with Crippen LogP contribution in [0.4, 0.5) is 0 Å². The van der Waals surface area contributed by atoms with Gasteiger partial charge in [-0.3, -0.25) is 9.59 Å². The van der Waals surface area contributed by atoms with E-state index in [1.54, 1.807) is 0 Å². The van der Waals surface area contributed by atoms with Crippen molar-refractivity contribution in [3.63, 3.8) is 0 Å². The number of aryl methyl sites for hydroxylation is 1. The number of carbonyl (C=O) groups excluding carboxylic acids is 2. The van der Waals surface area contributed by atoms with Crippen molar-refractivity contribution >= 4 is 11.8 Å². The van der Waals surface area contributed by atoms with Crippen LogP contribution in [-0.2, 0) is 16.6 Å². The molecule has 3 N–H and O–H groups in total. The minimum Gasteiger partial charge on any atom is -0.353 e. The number of likely N-dealkylation sites (tertiary alicyclic amines) is 1. The second-order valence-electron chi connectivity index (χ2n) is 5.48. The molecule has 21 heavy (non-hydrogen) atoms. The fraction of sp³-hybridized carbons (Fsp3) is 0.600. The van der Waals surface area contributed by atoms with Gasteiger partial charge in [-0.1, -0.05) is 12.8 Å². The smallest absolute Gasteiger partial charge is 0.242 e. The van der Waals surface area contributed by atoms with Crippen LogP contribution in [0.2, 0.25) is 0 Å². The highest BCUT2D eigenvalue weighted by Gasteiger charge is 2.28. The van der Waals surface area contributed by atoms with Gasteiger partial charge < -0.3 is 20.5 Å². The molecule has 2 heterocycles. The normalized spacial score (nSPS) is 19.1. The largest absolute Gasteiger partial charge is 0.353 e. The lowest BCUT2D eigenvalue weighted by Crippen LogP contribution is -2.43. The zero-order chi connectivity index (χ0) is 15.2. The zero-order valence-corrected chi connectivity index (χ0v) is 12.5. The molecule has 2 amide bonds. The highest BCUT2D eigenvalue weighted by molar-refractivity contribution is 5.85. The van der Waals surface area contributed by atoms with Gasteiger partial charge in [0.15, 0.2) is 0 Å². The van der Waals surface area contributed by atoms with Gasteiger partial charge in [-0.05, 0) is 25.0 Å². The second kappa shape index (κ2) is 7.26. The quantitative estimate of drug-likeness (QED) is 0.850. The van der Waals surface area contributed by atoms with E-state index in [0.717, 1.165) is 37.9 Å². The fourth-order valence-corrected chi connectivity index (χ4v) is 2.88. The third kappa shape index (κ3) is 3.85. The third-order valence-corrected chi connectivity index (χ3v) is 4.02. The van der Waals surface area contributed by atoms with Crippen LogP contribution >= 0.6 is 0 Å². The van der Waals surface area contributed by atoms with E-state index in [0.29, 0.717) is 0 Å². The number of aromatic nitrogens is 1. The molecule has 1 aliphatic rings. The minimum absolute atomic E-state index is 0.0248. The first-order valence-corrected chi connectivity index (χ1v) is 7.51. The number of hydrogen-bond acceptors (Lipinski definition) is 3. The number of nitrogens with one attached hydrogen (secondary N) is 1. The van der Waals surface area contributed by atoms with Gasteiger partial charge in [0.05, 0.1) is 19.1 Å². The van der Waals surface area contributed by atoms with Crippen LogP contribution in [0.25, 0.3) is 0 Å². The lowest BCUT2D eigenvalue weighted by atomic mass is 10.1. The average molecular weight is 292 g/mol. The Morgan fingerprint density at radius 3 is 2.86 bits per heavy atom. The van der Waals surface area contributed by atoms with E-state index in [-0.39, 0.29) is 30.9 Å². The summed E-state index contributed by atoms with van der Waals surface area (Å²) in [4.78, 5) is 25.6. The first kappa shape index (κ1) is 15.6. The van der Waals surface area contributed by atoms with Gasteiger partial charge >= 0.3 is 0 Å². The Morgan fingerprint density at radius 1 is 1.38 bits per heavy atom. The van der Waals surface area contributed by atoms with Crippen molar-refractivity contribution in [2.75, 3.05) is 19.6 Å². The minimum atomic E-state index is -0.298. The highest BCUT2D eigenvalue weighted by Crippen LogP contribution is 2.30. The highest BCUT2D eigenvalue weighted by atomic mass is 16.2. The summed E-state index contributed by atoms with van der Waals surface area (Å²) in [5.74, 6) is -0.335. The van der Waals surface area contributed by atoms with E-state index in [1.807, 2.05) is 24.2 Å². The number of carbonyl (C=O) groups is 2. The summed E-state index contributed by atoms with van der Waals surface area (Å²) < 4.78 is 2.06. The molecule has 0 aromatic carbocycles. The van der Waals surface area contributed by atoms with Crippen LogP contribution in [-0.4, -0.2) is 40.9 Å². The molecule has 6 heteroatoms. The Balaban J connectivity index is 2.10. The maximum absolute atomic E-state index is 12.4. The maximum Gasteiger partial charge on any atom is 0.242 e. The van der Waals surface area contributed by atoms with Crippen molar-refractivity contribution in [3.05, 3.63) is 24.0 Å². The van der Waals surface area contributed by atoms with E-state index >= 15 is 0 Å². The topological polar surface area (TPSA) is 80.4 Å². The second-order valence-corrected chi connectivity index (χ2v) is 5.48. The number of hydrogen-bond donors (Lipinski definition) is 2. The molecular formula is C15H24N4O2. The summed E-state index contributed by atoms with van der Waals surface area (Å²) in [6.07, 6.45) is 6.24. The Hall–Kier alpha value is -1.82. The Bertz CT molecular complexity index is 498. The molecule has 6 nitrogen and oxygen atoms in total. The van der Waals surface area contributed by atoms with E-state index in [9.17, 15) is 9.59 Å². The standard InChI is InChI=1S/C15H24N4O2/c1-18-8-5-7-12(18)13-6-3-2-4-9-19(13)15(21)11-17-14(20)10-16/h5,7-8,13H,2-4,6,9-11,16H2,1H3,(H,17,20). The number of amides is 2. The molecule has 0 aliphatic carbocycles. The summed E-state index contributed by atoms with van der Waals surface area (Å²) in [6, 6.07) is 4.16. The number of nitrogens with two attached hydrogens (primary N) is 1. The first-order valence-electron chi connectivity index (χ1n) is 7.51. The maximum atomic E-state index is 12.4. The van der Waals surface area contributed by atoms with Gasteiger partial charge in [-0.15, -0.1) is 0 Å². The van der Waals surface area contributed by atoms with Gasteiger partial charge in [0.1, 0.15) is 0 Å². The average Bonchev–Trinajstić information content (AvgIpc) is 2.76. The molecule has 1 unspecified atom stereocenters. The molecule has 1 saturated heterocycles. The van der Waals surface area contributed by atoms with Gasteiger partial charge in [-0.25, -0.2) is 0 Å². The lowest BCUT2D eigenvalue weighted by Gasteiger charge is -2.30. The molecule has 1 aliphatic heterocycles. The van der Waals surface area contributed by atoms with E-state index in [1.165, 1.54) is 0 Å². The Kier molecular flexibility index (Phi) is 5.38. The zero-order valence-electron chi connectivity index (χ0n) is 12.5. The molecule has 1 fully saturated rings. The third-order valence-electron chi connectivity index (χ3n) is 4.02. The van der Waals surface area contributed by atoms with Gasteiger partial charge in [0, 0.05) is 25.5 Å². The summed E-state index contributed by atoms with van der Waals surface area (Å²) in [5.41, 5.74) is 6.39. The van der Waals surface area contributed by atoms with Crippen LogP contribution in [0.5, 0.6) is 0 Å². The van der Waals surface area contributed by atoms with Crippen molar-refractivity contribution < 1.29 is 9.59 Å². The van der Waals surface area contributed by atoms with Crippen molar-refractivity contribution in [2.45, 2.75) is 31.7 Å².